The summed E-state index contributed by atoms with van der Waals surface area (Å²) in [5.74, 6) is -1.98. The Morgan fingerprint density at radius 3 is 2.37 bits per heavy atom. The molecular weight excluding hydrogens is 402 g/mol. The van der Waals surface area contributed by atoms with Gasteiger partial charge in [0.05, 0.1) is 24.5 Å². The number of carboxylic acids is 1. The molecule has 164 valence electrons. The number of ether oxygens (including phenoxy) is 1. The van der Waals surface area contributed by atoms with Crippen LogP contribution < -0.4 is 5.32 Å². The van der Waals surface area contributed by atoms with Gasteiger partial charge in [-0.2, -0.15) is 0 Å². The summed E-state index contributed by atoms with van der Waals surface area (Å²) in [5.41, 5.74) is 1.63. The van der Waals surface area contributed by atoms with Crippen LogP contribution in [0.15, 0.2) is 0 Å². The lowest BCUT2D eigenvalue weighted by Gasteiger charge is -2.33. The van der Waals surface area contributed by atoms with Crippen molar-refractivity contribution >= 4 is 34.2 Å². The minimum atomic E-state index is -0.881. The van der Waals surface area contributed by atoms with Gasteiger partial charge in [-0.05, 0) is 67.3 Å². The Morgan fingerprint density at radius 2 is 1.77 bits per heavy atom. The molecule has 30 heavy (non-hydrogen) atoms. The minimum Gasteiger partial charge on any atom is -0.481 e. The molecule has 0 saturated heterocycles. The molecule has 6 nitrogen and oxygen atoms in total. The maximum Gasteiger partial charge on any atom is 0.341 e. The maximum absolute atomic E-state index is 13.2. The average molecular weight is 434 g/mol. The summed E-state index contributed by atoms with van der Waals surface area (Å²) in [6.45, 7) is 6.71. The summed E-state index contributed by atoms with van der Waals surface area (Å²) in [7, 11) is 1.36. The molecule has 0 aromatic carbocycles. The number of carboxylic acid groups (broad SMARTS) is 1. The molecule has 1 aromatic rings. The number of fused-ring (bicyclic) bond motifs is 3. The number of methoxy groups -OCH3 is 1. The summed E-state index contributed by atoms with van der Waals surface area (Å²) in [4.78, 5) is 38.7. The number of anilines is 1. The van der Waals surface area contributed by atoms with Crippen LogP contribution in [-0.4, -0.2) is 30.1 Å². The molecular formula is C23H31NO5S. The van der Waals surface area contributed by atoms with Gasteiger partial charge < -0.3 is 15.2 Å². The Labute approximate surface area is 181 Å². The van der Waals surface area contributed by atoms with Gasteiger partial charge in [-0.15, -0.1) is 11.3 Å². The molecule has 3 aliphatic rings. The van der Waals surface area contributed by atoms with Crippen molar-refractivity contribution in [3.8, 4) is 0 Å². The van der Waals surface area contributed by atoms with Gasteiger partial charge in [0, 0.05) is 4.88 Å². The topological polar surface area (TPSA) is 92.7 Å². The van der Waals surface area contributed by atoms with E-state index in [1.54, 1.807) is 0 Å². The third-order valence-electron chi connectivity index (χ3n) is 7.62. The van der Waals surface area contributed by atoms with Gasteiger partial charge in [0.25, 0.3) is 0 Å². The molecule has 0 unspecified atom stereocenters. The number of carbonyl (C=O) groups is 3. The summed E-state index contributed by atoms with van der Waals surface area (Å²) in [6, 6.07) is 0. The van der Waals surface area contributed by atoms with Crippen LogP contribution in [-0.2, 0) is 27.2 Å². The van der Waals surface area contributed by atoms with Crippen LogP contribution in [0.3, 0.4) is 0 Å². The highest BCUT2D eigenvalue weighted by Gasteiger charge is 2.54. The number of hydrogen-bond acceptors (Lipinski definition) is 5. The van der Waals surface area contributed by atoms with E-state index >= 15 is 0 Å². The van der Waals surface area contributed by atoms with Crippen LogP contribution in [0.1, 0.15) is 67.3 Å². The molecule has 2 bridgehead atoms. The fourth-order valence-electron chi connectivity index (χ4n) is 5.95. The number of carbonyl (C=O) groups excluding carboxylic acids is 2. The standard InChI is InChI=1S/C23H31NO5S/c1-23(2,3)13-7-8-14-15(10-13)30-20(18(14)22(28)29-4)24-19(25)16-11-5-6-12(9-11)17(16)21(26)27/h11-13,16-17H,5-10H2,1-4H3,(H,24,25)(H,26,27)/t11-,12-,13+,16+,17+/m0/s1. The molecule has 1 amide bonds. The van der Waals surface area contributed by atoms with Crippen molar-refractivity contribution in [3.05, 3.63) is 16.0 Å². The predicted octanol–water partition coefficient (Wildman–Crippen LogP) is 4.37. The summed E-state index contributed by atoms with van der Waals surface area (Å²) in [6.07, 6.45) is 5.28. The zero-order valence-electron chi connectivity index (χ0n) is 18.1. The largest absolute Gasteiger partial charge is 0.481 e. The number of esters is 1. The summed E-state index contributed by atoms with van der Waals surface area (Å²) >= 11 is 1.46. The summed E-state index contributed by atoms with van der Waals surface area (Å²) in [5, 5.41) is 13.2. The summed E-state index contributed by atoms with van der Waals surface area (Å²) < 4.78 is 5.03. The fourth-order valence-corrected chi connectivity index (χ4v) is 7.27. The van der Waals surface area contributed by atoms with Crippen molar-refractivity contribution in [1.82, 2.24) is 0 Å². The first-order valence-corrected chi connectivity index (χ1v) is 11.7. The third kappa shape index (κ3) is 3.55. The van der Waals surface area contributed by atoms with Gasteiger partial charge in [-0.3, -0.25) is 9.59 Å². The smallest absolute Gasteiger partial charge is 0.341 e. The Hall–Kier alpha value is -1.89. The van der Waals surface area contributed by atoms with Crippen LogP contribution in [0.4, 0.5) is 5.00 Å². The van der Waals surface area contributed by atoms with E-state index in [2.05, 4.69) is 26.1 Å². The van der Waals surface area contributed by atoms with E-state index in [4.69, 9.17) is 4.74 Å². The number of amides is 1. The molecule has 7 heteroatoms. The lowest BCUT2D eigenvalue weighted by Crippen LogP contribution is -2.38. The van der Waals surface area contributed by atoms with Crippen LogP contribution >= 0.6 is 11.3 Å². The second-order valence-corrected chi connectivity index (χ2v) is 11.3. The number of aliphatic carboxylic acids is 1. The van der Waals surface area contributed by atoms with Gasteiger partial charge in [0.15, 0.2) is 0 Å². The first-order chi connectivity index (χ1) is 14.1. The highest BCUT2D eigenvalue weighted by atomic mass is 32.1. The van der Waals surface area contributed by atoms with Gasteiger partial charge in [0.2, 0.25) is 5.91 Å². The van der Waals surface area contributed by atoms with Crippen molar-refractivity contribution < 1.29 is 24.2 Å². The van der Waals surface area contributed by atoms with Gasteiger partial charge in [0.1, 0.15) is 5.00 Å². The molecule has 1 aromatic heterocycles. The van der Waals surface area contributed by atoms with E-state index in [0.29, 0.717) is 16.5 Å². The molecule has 2 fully saturated rings. The molecule has 0 aliphatic heterocycles. The van der Waals surface area contributed by atoms with E-state index in [0.717, 1.165) is 49.0 Å². The van der Waals surface area contributed by atoms with Crippen LogP contribution in [0, 0.1) is 35.0 Å². The lowest BCUT2D eigenvalue weighted by molar-refractivity contribution is -0.148. The number of hydrogen-bond donors (Lipinski definition) is 2. The highest BCUT2D eigenvalue weighted by molar-refractivity contribution is 7.17. The van der Waals surface area contributed by atoms with Gasteiger partial charge in [-0.1, -0.05) is 20.8 Å². The van der Waals surface area contributed by atoms with Crippen molar-refractivity contribution in [2.45, 2.75) is 59.3 Å². The molecule has 3 aliphatic carbocycles. The quantitative estimate of drug-likeness (QED) is 0.688. The number of thiophene rings is 1. The number of nitrogens with one attached hydrogen (secondary N) is 1. The Morgan fingerprint density at radius 1 is 1.10 bits per heavy atom. The van der Waals surface area contributed by atoms with E-state index in [-0.39, 0.29) is 23.2 Å². The fraction of sp³-hybridized carbons (Fsp3) is 0.696. The Balaban J connectivity index is 1.63. The van der Waals surface area contributed by atoms with E-state index < -0.39 is 23.8 Å². The molecule has 0 radical (unpaired) electrons. The average Bonchev–Trinajstić information content (AvgIpc) is 3.38. The Bertz CT molecular complexity index is 883. The maximum atomic E-state index is 13.2. The SMILES string of the molecule is COC(=O)c1c(NC(=O)[C@@H]2[C@H]3CC[C@@H](C3)[C@H]2C(=O)O)sc2c1CC[C@@H](C(C)(C)C)C2. The zero-order valence-corrected chi connectivity index (χ0v) is 18.9. The third-order valence-corrected chi connectivity index (χ3v) is 8.79. The highest BCUT2D eigenvalue weighted by Crippen LogP contribution is 2.53. The normalized spacial score (nSPS) is 30.1. The molecule has 1 heterocycles. The second kappa shape index (κ2) is 7.66. The van der Waals surface area contributed by atoms with Gasteiger partial charge >= 0.3 is 11.9 Å². The van der Waals surface area contributed by atoms with Crippen LogP contribution in [0.2, 0.25) is 0 Å². The van der Waals surface area contributed by atoms with E-state index in [1.807, 2.05) is 0 Å². The minimum absolute atomic E-state index is 0.0902. The van der Waals surface area contributed by atoms with Crippen molar-refractivity contribution in [2.75, 3.05) is 12.4 Å². The zero-order chi connectivity index (χ0) is 21.8. The molecule has 0 spiro atoms. The van der Waals surface area contributed by atoms with Crippen molar-refractivity contribution in [3.63, 3.8) is 0 Å². The van der Waals surface area contributed by atoms with E-state index in [9.17, 15) is 19.5 Å². The van der Waals surface area contributed by atoms with Gasteiger partial charge in [-0.25, -0.2) is 4.79 Å². The predicted molar refractivity (Wildman–Crippen MR) is 115 cm³/mol. The molecule has 4 rings (SSSR count). The molecule has 2 saturated carbocycles. The van der Waals surface area contributed by atoms with Crippen molar-refractivity contribution in [2.24, 2.45) is 35.0 Å². The Kier molecular flexibility index (Phi) is 5.45. The van der Waals surface area contributed by atoms with Crippen LogP contribution in [0.5, 0.6) is 0 Å². The molecule has 5 atom stereocenters. The molecule has 2 N–H and O–H groups in total. The van der Waals surface area contributed by atoms with Crippen LogP contribution in [0.25, 0.3) is 0 Å². The monoisotopic (exact) mass is 433 g/mol. The van der Waals surface area contributed by atoms with E-state index in [1.165, 1.54) is 18.4 Å². The lowest BCUT2D eigenvalue weighted by atomic mass is 9.72. The second-order valence-electron chi connectivity index (χ2n) is 10.2. The number of rotatable bonds is 4. The van der Waals surface area contributed by atoms with Crippen molar-refractivity contribution in [1.29, 1.82) is 0 Å². The first kappa shape index (κ1) is 21.3. The first-order valence-electron chi connectivity index (χ1n) is 10.9.